The third-order valence-electron chi connectivity index (χ3n) is 4.80. The molecule has 0 amide bonds. The van der Waals surface area contributed by atoms with Gasteiger partial charge in [-0.15, -0.1) is 0 Å². The topological polar surface area (TPSA) is 81.3 Å². The second-order valence-electron chi connectivity index (χ2n) is 6.84. The van der Waals surface area contributed by atoms with Gasteiger partial charge in [-0.25, -0.2) is 4.39 Å². The van der Waals surface area contributed by atoms with Crippen LogP contribution in [0.15, 0.2) is 53.3 Å². The molecule has 2 aromatic carbocycles. The molecule has 0 radical (unpaired) electrons. The highest BCUT2D eigenvalue weighted by atomic mass is 35.5. The largest absolute Gasteiger partial charge is 0.473 e. The van der Waals surface area contributed by atoms with Crippen LogP contribution in [0.5, 0.6) is 11.5 Å². The fourth-order valence-electron chi connectivity index (χ4n) is 3.20. The molecule has 7 nitrogen and oxygen atoms in total. The Morgan fingerprint density at radius 2 is 2.13 bits per heavy atom. The zero-order valence-electron chi connectivity index (χ0n) is 16.0. The van der Waals surface area contributed by atoms with E-state index in [4.69, 9.17) is 26.3 Å². The summed E-state index contributed by atoms with van der Waals surface area (Å²) in [5, 5.41) is 19.5. The lowest BCUT2D eigenvalue weighted by molar-refractivity contribution is 0.0382. The van der Waals surface area contributed by atoms with E-state index in [0.717, 1.165) is 12.4 Å². The zero-order valence-corrected chi connectivity index (χ0v) is 16.8. The predicted molar refractivity (Wildman–Crippen MR) is 108 cm³/mol. The maximum absolute atomic E-state index is 14.5. The van der Waals surface area contributed by atoms with E-state index >= 15 is 0 Å². The number of nitrogens with zero attached hydrogens (tertiary/aromatic N) is 4. The number of nitriles is 1. The number of benzene rings is 2. The Morgan fingerprint density at radius 3 is 2.90 bits per heavy atom. The van der Waals surface area contributed by atoms with Crippen LogP contribution in [0.4, 0.5) is 4.39 Å². The standard InChI is InChI=1S/C21H18ClFN4O3/c1-26-6-7-27-20(26)10-19(25-21(27)28)29-12-13-2-5-18(17(23)8-13)30-15-3-4-16(22)14(9-15)11-24/h2-5,8-10,21,28H,6-7,12H2,1H3. The molecule has 0 aliphatic carbocycles. The number of hydrogen-bond donors (Lipinski definition) is 1. The van der Waals surface area contributed by atoms with Gasteiger partial charge in [0.15, 0.2) is 11.6 Å². The van der Waals surface area contributed by atoms with E-state index < -0.39 is 12.2 Å². The molecule has 1 saturated heterocycles. The molecule has 0 spiro atoms. The second-order valence-corrected chi connectivity index (χ2v) is 7.25. The summed E-state index contributed by atoms with van der Waals surface area (Å²) in [6.07, 6.45) is 0.760. The van der Waals surface area contributed by atoms with E-state index in [0.29, 0.717) is 22.9 Å². The molecule has 9 heteroatoms. The molecule has 2 aliphatic heterocycles. The second kappa shape index (κ2) is 8.22. The number of halogens is 2. The molecule has 4 rings (SSSR count). The van der Waals surface area contributed by atoms with Gasteiger partial charge in [0.25, 0.3) is 0 Å². The number of aliphatic imine (C=N–C) groups is 1. The first-order chi connectivity index (χ1) is 14.4. The lowest BCUT2D eigenvalue weighted by atomic mass is 10.2. The summed E-state index contributed by atoms with van der Waals surface area (Å²) in [5.41, 5.74) is 0.821. The monoisotopic (exact) mass is 428 g/mol. The predicted octanol–water partition coefficient (Wildman–Crippen LogP) is 3.44. The summed E-state index contributed by atoms with van der Waals surface area (Å²) >= 11 is 5.90. The number of rotatable bonds is 4. The van der Waals surface area contributed by atoms with E-state index in [1.807, 2.05) is 18.0 Å². The van der Waals surface area contributed by atoms with Crippen molar-refractivity contribution in [3.63, 3.8) is 0 Å². The highest BCUT2D eigenvalue weighted by Crippen LogP contribution is 2.29. The minimum atomic E-state index is -0.991. The van der Waals surface area contributed by atoms with Gasteiger partial charge < -0.3 is 24.4 Å². The molecule has 1 N–H and O–H groups in total. The number of likely N-dealkylation sites (N-methyl/N-ethyl adjacent to an activating group) is 1. The van der Waals surface area contributed by atoms with Crippen LogP contribution in [0.3, 0.4) is 0 Å². The number of aliphatic hydroxyl groups is 1. The Labute approximate surface area is 177 Å². The number of hydrogen-bond acceptors (Lipinski definition) is 7. The minimum Gasteiger partial charge on any atom is -0.473 e. The van der Waals surface area contributed by atoms with E-state index in [1.54, 1.807) is 23.1 Å². The van der Waals surface area contributed by atoms with Crippen molar-refractivity contribution in [3.8, 4) is 17.6 Å². The van der Waals surface area contributed by atoms with Crippen molar-refractivity contribution in [2.45, 2.75) is 13.0 Å². The number of ether oxygens (including phenoxy) is 2. The molecular formula is C21H18ClFN4O3. The Morgan fingerprint density at radius 1 is 1.30 bits per heavy atom. The first-order valence-electron chi connectivity index (χ1n) is 9.18. The van der Waals surface area contributed by atoms with Gasteiger partial charge in [-0.3, -0.25) is 0 Å². The average Bonchev–Trinajstić information content (AvgIpc) is 3.11. The summed E-state index contributed by atoms with van der Waals surface area (Å²) in [4.78, 5) is 7.88. The molecule has 154 valence electrons. The van der Waals surface area contributed by atoms with Crippen molar-refractivity contribution in [1.29, 1.82) is 5.26 Å². The first kappa shape index (κ1) is 20.0. The van der Waals surface area contributed by atoms with Crippen LogP contribution in [0.25, 0.3) is 0 Å². The molecule has 2 heterocycles. The van der Waals surface area contributed by atoms with Crippen molar-refractivity contribution in [1.82, 2.24) is 9.80 Å². The summed E-state index contributed by atoms with van der Waals surface area (Å²) in [5.74, 6) is 0.868. The van der Waals surface area contributed by atoms with Crippen molar-refractivity contribution >= 4 is 17.5 Å². The van der Waals surface area contributed by atoms with Crippen molar-refractivity contribution in [3.05, 3.63) is 70.3 Å². The SMILES string of the molecule is CN1CCN2C1=CC(OCc1ccc(Oc3ccc(Cl)c(C#N)c3)c(F)c1)=NC2O. The lowest BCUT2D eigenvalue weighted by Gasteiger charge is -2.28. The maximum Gasteiger partial charge on any atom is 0.230 e. The van der Waals surface area contributed by atoms with Gasteiger partial charge in [-0.05, 0) is 29.8 Å². The smallest absolute Gasteiger partial charge is 0.230 e. The highest BCUT2D eigenvalue weighted by molar-refractivity contribution is 6.31. The fraction of sp³-hybridized carbons (Fsp3) is 0.238. The number of fused-ring (bicyclic) bond motifs is 1. The molecule has 2 aromatic rings. The van der Waals surface area contributed by atoms with Crippen molar-refractivity contribution in [2.75, 3.05) is 20.1 Å². The Hall–Kier alpha value is -3.28. The van der Waals surface area contributed by atoms with Crippen LogP contribution in [0, 0.1) is 17.1 Å². The Balaban J connectivity index is 1.43. The molecule has 1 unspecified atom stereocenters. The van der Waals surface area contributed by atoms with Gasteiger partial charge in [0.05, 0.1) is 10.6 Å². The third-order valence-corrected chi connectivity index (χ3v) is 5.13. The highest BCUT2D eigenvalue weighted by Gasteiger charge is 2.31. The molecule has 1 fully saturated rings. The summed E-state index contributed by atoms with van der Waals surface area (Å²) < 4.78 is 25.7. The Kier molecular flexibility index (Phi) is 5.48. The van der Waals surface area contributed by atoms with Crippen LogP contribution in [-0.4, -0.2) is 47.3 Å². The third kappa shape index (κ3) is 4.03. The summed E-state index contributed by atoms with van der Waals surface area (Å²) in [6, 6.07) is 10.9. The Bertz CT molecular complexity index is 1080. The minimum absolute atomic E-state index is 0.0146. The van der Waals surface area contributed by atoms with Gasteiger partial charge in [-0.1, -0.05) is 17.7 Å². The van der Waals surface area contributed by atoms with Crippen molar-refractivity contribution in [2.24, 2.45) is 4.99 Å². The summed E-state index contributed by atoms with van der Waals surface area (Å²) in [6.45, 7) is 1.56. The van der Waals surface area contributed by atoms with Crippen LogP contribution in [0.2, 0.25) is 5.02 Å². The van der Waals surface area contributed by atoms with Crippen LogP contribution >= 0.6 is 11.6 Å². The molecule has 1 atom stereocenters. The van der Waals surface area contributed by atoms with Gasteiger partial charge in [0.1, 0.15) is 24.2 Å². The molecule has 0 bridgehead atoms. The molecule has 0 aromatic heterocycles. The van der Waals surface area contributed by atoms with Gasteiger partial charge in [0.2, 0.25) is 12.2 Å². The van der Waals surface area contributed by atoms with Crippen LogP contribution in [-0.2, 0) is 11.3 Å². The summed E-state index contributed by atoms with van der Waals surface area (Å²) in [7, 11) is 1.93. The molecule has 30 heavy (non-hydrogen) atoms. The lowest BCUT2D eigenvalue weighted by Crippen LogP contribution is -2.35. The van der Waals surface area contributed by atoms with Crippen LogP contribution < -0.4 is 4.74 Å². The van der Waals surface area contributed by atoms with E-state index in [9.17, 15) is 9.50 Å². The van der Waals surface area contributed by atoms with Gasteiger partial charge in [0, 0.05) is 32.3 Å². The number of aliphatic hydroxyl groups excluding tert-OH is 1. The zero-order chi connectivity index (χ0) is 21.3. The maximum atomic E-state index is 14.5. The fourth-order valence-corrected chi connectivity index (χ4v) is 3.36. The van der Waals surface area contributed by atoms with Crippen LogP contribution in [0.1, 0.15) is 11.1 Å². The van der Waals surface area contributed by atoms with E-state index in [2.05, 4.69) is 4.99 Å². The average molecular weight is 429 g/mol. The molecular weight excluding hydrogens is 411 g/mol. The van der Waals surface area contributed by atoms with E-state index in [1.165, 1.54) is 24.3 Å². The van der Waals surface area contributed by atoms with E-state index in [-0.39, 0.29) is 23.8 Å². The quantitative estimate of drug-likeness (QED) is 0.803. The normalized spacial score (nSPS) is 17.8. The molecule has 0 saturated carbocycles. The van der Waals surface area contributed by atoms with Gasteiger partial charge in [-0.2, -0.15) is 10.3 Å². The van der Waals surface area contributed by atoms with Crippen molar-refractivity contribution < 1.29 is 19.0 Å². The first-order valence-corrected chi connectivity index (χ1v) is 9.56. The molecule has 2 aliphatic rings. The van der Waals surface area contributed by atoms with Gasteiger partial charge >= 0.3 is 0 Å².